The maximum absolute atomic E-state index is 13.0. The Morgan fingerprint density at radius 2 is 1.79 bits per heavy atom. The maximum Gasteiger partial charge on any atom is 0.271 e. The molecular weight excluding hydrogens is 336 g/mol. The lowest BCUT2D eigenvalue weighted by Crippen LogP contribution is -2.27. The van der Waals surface area contributed by atoms with Crippen molar-refractivity contribution in [2.45, 2.75) is 6.92 Å². The third kappa shape index (κ3) is 2.36. The molecule has 0 saturated carbocycles. The molecule has 120 valence electrons. The standard InChI is InChI=1S/C19H16N2OS2/c1-12-7-9-13(10-8-12)21-18(22)17(24-19(21)23)15-11-20(2)16-6-4-3-5-14(15)16/h3-10H,11H2,1-2H3. The summed E-state index contributed by atoms with van der Waals surface area (Å²) in [5, 5.41) is 0. The summed E-state index contributed by atoms with van der Waals surface area (Å²) in [7, 11) is 2.05. The number of amides is 1. The number of anilines is 2. The number of fused-ring (bicyclic) bond motifs is 1. The van der Waals surface area contributed by atoms with Crippen molar-refractivity contribution in [3.8, 4) is 0 Å². The van der Waals surface area contributed by atoms with Gasteiger partial charge in [0.25, 0.3) is 5.91 Å². The summed E-state index contributed by atoms with van der Waals surface area (Å²) in [6.07, 6.45) is 0. The van der Waals surface area contributed by atoms with E-state index in [4.69, 9.17) is 12.2 Å². The third-order valence-corrected chi connectivity index (χ3v) is 5.79. The first-order valence-corrected chi connectivity index (χ1v) is 8.95. The van der Waals surface area contributed by atoms with E-state index >= 15 is 0 Å². The van der Waals surface area contributed by atoms with Crippen LogP contribution in [-0.4, -0.2) is 23.8 Å². The van der Waals surface area contributed by atoms with E-state index in [-0.39, 0.29) is 5.91 Å². The average molecular weight is 352 g/mol. The molecule has 24 heavy (non-hydrogen) atoms. The van der Waals surface area contributed by atoms with E-state index in [1.54, 1.807) is 4.90 Å². The smallest absolute Gasteiger partial charge is 0.271 e. The molecule has 0 N–H and O–H groups in total. The highest BCUT2D eigenvalue weighted by atomic mass is 32.2. The van der Waals surface area contributed by atoms with Crippen molar-refractivity contribution in [1.82, 2.24) is 0 Å². The number of para-hydroxylation sites is 1. The van der Waals surface area contributed by atoms with Crippen molar-refractivity contribution < 1.29 is 4.79 Å². The Hall–Kier alpha value is -2.11. The molecule has 0 unspecified atom stereocenters. The highest BCUT2D eigenvalue weighted by Crippen LogP contribution is 2.44. The molecule has 0 radical (unpaired) electrons. The lowest BCUT2D eigenvalue weighted by atomic mass is 10.1. The van der Waals surface area contributed by atoms with Crippen LogP contribution in [-0.2, 0) is 4.79 Å². The van der Waals surface area contributed by atoms with Crippen LogP contribution in [0.25, 0.3) is 5.57 Å². The number of benzene rings is 2. The normalized spacial score (nSPS) is 20.1. The van der Waals surface area contributed by atoms with Crippen LogP contribution < -0.4 is 9.80 Å². The number of nitrogens with zero attached hydrogens (tertiary/aromatic N) is 2. The molecule has 2 heterocycles. The molecule has 2 aromatic rings. The van der Waals surface area contributed by atoms with Crippen molar-refractivity contribution in [2.24, 2.45) is 0 Å². The van der Waals surface area contributed by atoms with Crippen LogP contribution in [0.3, 0.4) is 0 Å². The van der Waals surface area contributed by atoms with Crippen LogP contribution in [0.5, 0.6) is 0 Å². The highest BCUT2D eigenvalue weighted by molar-refractivity contribution is 8.27. The van der Waals surface area contributed by atoms with E-state index in [0.29, 0.717) is 4.32 Å². The molecule has 1 amide bonds. The van der Waals surface area contributed by atoms with Gasteiger partial charge in [-0.1, -0.05) is 59.9 Å². The molecule has 5 heteroatoms. The molecule has 0 spiro atoms. The molecule has 0 bridgehead atoms. The number of likely N-dealkylation sites (N-methyl/N-ethyl adjacent to an activating group) is 1. The summed E-state index contributed by atoms with van der Waals surface area (Å²) < 4.78 is 0.596. The minimum Gasteiger partial charge on any atom is -0.370 e. The minimum atomic E-state index is -0.0195. The van der Waals surface area contributed by atoms with E-state index in [1.165, 1.54) is 11.8 Å². The SMILES string of the molecule is Cc1ccc(N2C(=O)C(=C3CN(C)c4ccccc43)SC2=S)cc1. The number of hydrogen-bond acceptors (Lipinski definition) is 4. The maximum atomic E-state index is 13.0. The lowest BCUT2D eigenvalue weighted by molar-refractivity contribution is -0.113. The van der Waals surface area contributed by atoms with Gasteiger partial charge in [-0.2, -0.15) is 0 Å². The number of aryl methyl sites for hydroxylation is 1. The molecule has 2 aliphatic heterocycles. The summed E-state index contributed by atoms with van der Waals surface area (Å²) in [6.45, 7) is 2.76. The van der Waals surface area contributed by atoms with Crippen LogP contribution >= 0.6 is 24.0 Å². The van der Waals surface area contributed by atoms with Crippen LogP contribution in [0.15, 0.2) is 53.4 Å². The molecule has 2 aromatic carbocycles. The van der Waals surface area contributed by atoms with E-state index < -0.39 is 0 Å². The fourth-order valence-electron chi connectivity index (χ4n) is 3.13. The Morgan fingerprint density at radius 1 is 1.08 bits per heavy atom. The van der Waals surface area contributed by atoms with Gasteiger partial charge in [-0.3, -0.25) is 9.69 Å². The predicted octanol–water partition coefficient (Wildman–Crippen LogP) is 4.22. The topological polar surface area (TPSA) is 23.6 Å². The van der Waals surface area contributed by atoms with Crippen molar-refractivity contribution in [1.29, 1.82) is 0 Å². The van der Waals surface area contributed by atoms with Gasteiger partial charge < -0.3 is 4.90 Å². The first-order chi connectivity index (χ1) is 11.6. The zero-order valence-corrected chi connectivity index (χ0v) is 15.1. The Morgan fingerprint density at radius 3 is 2.54 bits per heavy atom. The van der Waals surface area contributed by atoms with Gasteiger partial charge in [0.1, 0.15) is 0 Å². The fourth-order valence-corrected chi connectivity index (χ4v) is 4.50. The monoisotopic (exact) mass is 352 g/mol. The van der Waals surface area contributed by atoms with E-state index in [9.17, 15) is 4.79 Å². The molecule has 4 rings (SSSR count). The van der Waals surface area contributed by atoms with Gasteiger partial charge in [-0.25, -0.2) is 0 Å². The van der Waals surface area contributed by atoms with Gasteiger partial charge in [0.05, 0.1) is 10.6 Å². The molecule has 0 aliphatic carbocycles. The number of carbonyl (C=O) groups excluding carboxylic acids is 1. The van der Waals surface area contributed by atoms with Crippen molar-refractivity contribution in [2.75, 3.05) is 23.4 Å². The van der Waals surface area contributed by atoms with Gasteiger partial charge in [0.2, 0.25) is 0 Å². The van der Waals surface area contributed by atoms with Crippen molar-refractivity contribution >= 4 is 51.2 Å². The van der Waals surface area contributed by atoms with Gasteiger partial charge in [0.15, 0.2) is 4.32 Å². The number of hydrogen-bond donors (Lipinski definition) is 0. The second kappa shape index (κ2) is 5.76. The molecule has 0 aromatic heterocycles. The molecular formula is C19H16N2OS2. The Kier molecular flexibility index (Phi) is 3.70. The second-order valence-electron chi connectivity index (χ2n) is 6.02. The summed E-state index contributed by atoms with van der Waals surface area (Å²) in [5.74, 6) is -0.0195. The van der Waals surface area contributed by atoms with E-state index in [1.807, 2.05) is 50.4 Å². The van der Waals surface area contributed by atoms with Gasteiger partial charge in [-0.15, -0.1) is 0 Å². The van der Waals surface area contributed by atoms with E-state index in [2.05, 4.69) is 17.0 Å². The number of rotatable bonds is 1. The third-order valence-electron chi connectivity index (χ3n) is 4.37. The summed E-state index contributed by atoms with van der Waals surface area (Å²) >= 11 is 6.90. The first-order valence-electron chi connectivity index (χ1n) is 7.73. The Bertz CT molecular complexity index is 886. The van der Waals surface area contributed by atoms with Gasteiger partial charge >= 0.3 is 0 Å². The molecule has 2 aliphatic rings. The van der Waals surface area contributed by atoms with Crippen LogP contribution in [0, 0.1) is 6.92 Å². The number of carbonyl (C=O) groups is 1. The summed E-state index contributed by atoms with van der Waals surface area (Å²) in [4.78, 5) is 17.6. The zero-order chi connectivity index (χ0) is 16.8. The molecule has 0 atom stereocenters. The largest absolute Gasteiger partial charge is 0.370 e. The van der Waals surface area contributed by atoms with E-state index in [0.717, 1.165) is 39.5 Å². The number of thioether (sulfide) groups is 1. The highest BCUT2D eigenvalue weighted by Gasteiger charge is 2.37. The molecule has 3 nitrogen and oxygen atoms in total. The van der Waals surface area contributed by atoms with Crippen LogP contribution in [0.2, 0.25) is 0 Å². The van der Waals surface area contributed by atoms with Crippen LogP contribution in [0.1, 0.15) is 11.1 Å². The zero-order valence-electron chi connectivity index (χ0n) is 13.4. The quantitative estimate of drug-likeness (QED) is 0.566. The second-order valence-corrected chi connectivity index (χ2v) is 7.67. The van der Waals surface area contributed by atoms with Crippen molar-refractivity contribution in [3.05, 3.63) is 64.6 Å². The average Bonchev–Trinajstić information content (AvgIpc) is 3.06. The van der Waals surface area contributed by atoms with Gasteiger partial charge in [0, 0.05) is 30.4 Å². The van der Waals surface area contributed by atoms with Crippen molar-refractivity contribution in [3.63, 3.8) is 0 Å². The fraction of sp³-hybridized carbons (Fsp3) is 0.158. The number of thiocarbonyl (C=S) groups is 1. The first kappa shape index (κ1) is 15.4. The summed E-state index contributed by atoms with van der Waals surface area (Å²) in [5.41, 5.74) is 5.35. The van der Waals surface area contributed by atoms with Crippen LogP contribution in [0.4, 0.5) is 11.4 Å². The minimum absolute atomic E-state index is 0.0195. The van der Waals surface area contributed by atoms with Gasteiger partial charge in [-0.05, 0) is 25.1 Å². The lowest BCUT2D eigenvalue weighted by Gasteiger charge is -2.14. The molecule has 1 fully saturated rings. The molecule has 1 saturated heterocycles. The summed E-state index contributed by atoms with van der Waals surface area (Å²) in [6, 6.07) is 16.1. The predicted molar refractivity (Wildman–Crippen MR) is 105 cm³/mol. The Balaban J connectivity index is 1.78. The Labute approximate surface area is 151 Å².